The first kappa shape index (κ1) is 22.2. The van der Waals surface area contributed by atoms with Crippen molar-refractivity contribution in [3.05, 3.63) is 73.5 Å². The number of nitrogens with zero attached hydrogens (tertiary/aromatic N) is 3. The second-order valence-electron chi connectivity index (χ2n) is 10.3. The molecule has 1 N–H and O–H groups in total. The highest BCUT2D eigenvalue weighted by molar-refractivity contribution is 7.15. The molecule has 0 radical (unpaired) electrons. The Labute approximate surface area is 192 Å². The predicted molar refractivity (Wildman–Crippen MR) is 132 cm³/mol. The summed E-state index contributed by atoms with van der Waals surface area (Å²) >= 11 is 1.33. The summed E-state index contributed by atoms with van der Waals surface area (Å²) in [6.07, 6.45) is 1.88. The first-order valence-electron chi connectivity index (χ1n) is 10.7. The van der Waals surface area contributed by atoms with Crippen LogP contribution in [0.5, 0.6) is 5.75 Å². The first-order chi connectivity index (χ1) is 14.9. The molecule has 0 aliphatic heterocycles. The van der Waals surface area contributed by atoms with Gasteiger partial charge in [0.2, 0.25) is 4.96 Å². The minimum atomic E-state index is -0.234. The maximum Gasteiger partial charge on any atom is 0.291 e. The van der Waals surface area contributed by atoms with E-state index in [0.29, 0.717) is 21.1 Å². The molecule has 0 spiro atoms. The second kappa shape index (κ2) is 7.55. The van der Waals surface area contributed by atoms with Crippen LogP contribution in [0, 0.1) is 6.92 Å². The molecule has 0 saturated carbocycles. The topological polar surface area (TPSA) is 67.5 Å². The van der Waals surface area contributed by atoms with Gasteiger partial charge in [0.05, 0.1) is 4.53 Å². The Morgan fingerprint density at radius 1 is 1.00 bits per heavy atom. The van der Waals surface area contributed by atoms with Crippen molar-refractivity contribution in [3.8, 4) is 17.1 Å². The molecule has 0 aliphatic rings. The van der Waals surface area contributed by atoms with Crippen molar-refractivity contribution in [1.82, 2.24) is 14.6 Å². The van der Waals surface area contributed by atoms with Crippen LogP contribution in [0.4, 0.5) is 0 Å². The molecule has 0 aliphatic carbocycles. The molecule has 2 heterocycles. The van der Waals surface area contributed by atoms with E-state index in [0.717, 1.165) is 27.8 Å². The van der Waals surface area contributed by atoms with Gasteiger partial charge in [-0.2, -0.15) is 9.50 Å². The molecule has 4 rings (SSSR count). The average Bonchev–Trinajstić information content (AvgIpc) is 3.21. The number of benzene rings is 2. The van der Waals surface area contributed by atoms with Gasteiger partial charge in [0.1, 0.15) is 5.75 Å². The smallest absolute Gasteiger partial charge is 0.291 e. The zero-order chi connectivity index (χ0) is 23.4. The summed E-state index contributed by atoms with van der Waals surface area (Å²) in [7, 11) is 0. The van der Waals surface area contributed by atoms with Gasteiger partial charge < -0.3 is 5.11 Å². The van der Waals surface area contributed by atoms with Crippen LogP contribution in [0.25, 0.3) is 22.4 Å². The number of thiazole rings is 1. The second-order valence-corrected chi connectivity index (χ2v) is 11.3. The van der Waals surface area contributed by atoms with Crippen LogP contribution in [-0.4, -0.2) is 19.7 Å². The Morgan fingerprint density at radius 3 is 2.12 bits per heavy atom. The lowest BCUT2D eigenvalue weighted by molar-refractivity contribution is 0.423. The summed E-state index contributed by atoms with van der Waals surface area (Å²) < 4.78 is 1.95. The molecule has 0 amide bonds. The van der Waals surface area contributed by atoms with E-state index in [9.17, 15) is 9.90 Å². The predicted octanol–water partition coefficient (Wildman–Crippen LogP) is 4.97. The van der Waals surface area contributed by atoms with Gasteiger partial charge in [-0.1, -0.05) is 77.1 Å². The Hall–Kier alpha value is -2.99. The number of aromatic nitrogens is 3. The zero-order valence-corrected chi connectivity index (χ0v) is 20.5. The lowest BCUT2D eigenvalue weighted by Crippen LogP contribution is -2.24. The highest BCUT2D eigenvalue weighted by atomic mass is 32.1. The van der Waals surface area contributed by atoms with E-state index in [4.69, 9.17) is 0 Å². The molecule has 2 aromatic heterocycles. The summed E-state index contributed by atoms with van der Waals surface area (Å²) in [5.74, 6) is 0.891. The van der Waals surface area contributed by atoms with Crippen molar-refractivity contribution < 1.29 is 5.11 Å². The fourth-order valence-corrected chi connectivity index (χ4v) is 4.71. The fourth-order valence-electron chi connectivity index (χ4n) is 3.81. The van der Waals surface area contributed by atoms with Crippen LogP contribution in [0.3, 0.4) is 0 Å². The van der Waals surface area contributed by atoms with Crippen molar-refractivity contribution in [2.24, 2.45) is 0 Å². The first-order valence-corrected chi connectivity index (χ1v) is 11.5. The van der Waals surface area contributed by atoms with Gasteiger partial charge in [0.15, 0.2) is 5.82 Å². The van der Waals surface area contributed by atoms with Crippen LogP contribution < -0.4 is 10.1 Å². The number of aromatic hydroxyl groups is 1. The number of aryl methyl sites for hydroxylation is 1. The molecule has 0 bridgehead atoms. The number of phenolic OH excluding ortho intramolecular Hbond substituents is 1. The minimum Gasteiger partial charge on any atom is -0.507 e. The maximum atomic E-state index is 13.1. The lowest BCUT2D eigenvalue weighted by Gasteiger charge is -2.27. The molecule has 0 atom stereocenters. The van der Waals surface area contributed by atoms with Crippen molar-refractivity contribution >= 4 is 22.4 Å². The summed E-state index contributed by atoms with van der Waals surface area (Å²) in [5, 5.41) is 15.4. The van der Waals surface area contributed by atoms with Gasteiger partial charge in [-0.15, -0.1) is 5.10 Å². The standard InChI is InChI=1S/C26H29N3O2S/c1-15-10-8-9-11-17(15)22-27-24-29(28-22)23(31)20(32-24)14-16-12-18(25(2,3)4)21(30)19(13-16)26(5,6)7/h8-14,30H,1-7H3/b20-14-. The molecular formula is C26H29N3O2S. The largest absolute Gasteiger partial charge is 0.507 e. The monoisotopic (exact) mass is 447 g/mol. The van der Waals surface area contributed by atoms with Crippen LogP contribution >= 0.6 is 11.3 Å². The Balaban J connectivity index is 1.88. The fraction of sp³-hybridized carbons (Fsp3) is 0.346. The Morgan fingerprint density at radius 2 is 1.59 bits per heavy atom. The van der Waals surface area contributed by atoms with Crippen LogP contribution in [0.15, 0.2) is 41.2 Å². The van der Waals surface area contributed by atoms with Crippen LogP contribution in [0.2, 0.25) is 0 Å². The molecule has 0 saturated heterocycles. The van der Waals surface area contributed by atoms with E-state index in [2.05, 4.69) is 51.6 Å². The highest BCUT2D eigenvalue weighted by Crippen LogP contribution is 2.39. The van der Waals surface area contributed by atoms with Gasteiger partial charge in [-0.25, -0.2) is 0 Å². The summed E-state index contributed by atoms with van der Waals surface area (Å²) in [6, 6.07) is 11.8. The quantitative estimate of drug-likeness (QED) is 0.471. The number of phenols is 1. The molecular weight excluding hydrogens is 418 g/mol. The number of fused-ring (bicyclic) bond motifs is 1. The molecule has 2 aromatic carbocycles. The van der Waals surface area contributed by atoms with Gasteiger partial charge >= 0.3 is 0 Å². The molecule has 0 fully saturated rings. The third kappa shape index (κ3) is 3.95. The Kier molecular flexibility index (Phi) is 5.24. The molecule has 0 unspecified atom stereocenters. The van der Waals surface area contributed by atoms with Crippen molar-refractivity contribution in [3.63, 3.8) is 0 Å². The third-order valence-electron chi connectivity index (χ3n) is 5.61. The van der Waals surface area contributed by atoms with E-state index >= 15 is 0 Å². The Bertz CT molecular complexity index is 1400. The van der Waals surface area contributed by atoms with Gasteiger partial charge in [0, 0.05) is 16.7 Å². The molecule has 166 valence electrons. The van der Waals surface area contributed by atoms with E-state index < -0.39 is 0 Å². The van der Waals surface area contributed by atoms with Crippen LogP contribution in [0.1, 0.15) is 63.8 Å². The van der Waals surface area contributed by atoms with Gasteiger partial charge in [0.25, 0.3) is 5.56 Å². The van der Waals surface area contributed by atoms with E-state index in [1.54, 1.807) is 0 Å². The lowest BCUT2D eigenvalue weighted by atomic mass is 9.78. The van der Waals surface area contributed by atoms with Crippen molar-refractivity contribution in [2.45, 2.75) is 59.3 Å². The normalized spacial score (nSPS) is 13.3. The molecule has 5 nitrogen and oxygen atoms in total. The van der Waals surface area contributed by atoms with Crippen molar-refractivity contribution in [2.75, 3.05) is 0 Å². The van der Waals surface area contributed by atoms with E-state index in [1.165, 1.54) is 15.9 Å². The zero-order valence-electron chi connectivity index (χ0n) is 19.6. The summed E-state index contributed by atoms with van der Waals surface area (Å²) in [4.78, 5) is 18.3. The maximum absolute atomic E-state index is 13.1. The van der Waals surface area contributed by atoms with Gasteiger partial charge in [-0.05, 0) is 47.1 Å². The van der Waals surface area contributed by atoms with E-state index in [-0.39, 0.29) is 16.4 Å². The number of hydrogen-bond acceptors (Lipinski definition) is 5. The number of hydrogen-bond donors (Lipinski definition) is 1. The number of rotatable bonds is 2. The third-order valence-corrected chi connectivity index (χ3v) is 6.57. The molecule has 6 heteroatoms. The highest BCUT2D eigenvalue weighted by Gasteiger charge is 2.26. The summed E-state index contributed by atoms with van der Waals surface area (Å²) in [5.41, 5.74) is 3.97. The minimum absolute atomic E-state index is 0.181. The molecule has 32 heavy (non-hydrogen) atoms. The molecule has 4 aromatic rings. The van der Waals surface area contributed by atoms with Crippen molar-refractivity contribution in [1.29, 1.82) is 0 Å². The van der Waals surface area contributed by atoms with Crippen LogP contribution in [-0.2, 0) is 10.8 Å². The summed E-state index contributed by atoms with van der Waals surface area (Å²) in [6.45, 7) is 14.5. The van der Waals surface area contributed by atoms with Gasteiger partial charge in [-0.3, -0.25) is 4.79 Å². The SMILES string of the molecule is Cc1ccccc1-c1nc2s/c(=C\c3cc(C(C)(C)C)c(O)c(C(C)(C)C)c3)c(=O)n2n1. The van der Waals surface area contributed by atoms with E-state index in [1.807, 2.05) is 49.4 Å². The average molecular weight is 448 g/mol.